The molecule has 3 aromatic rings. The maximum absolute atomic E-state index is 14.3. The molecule has 1 fully saturated rings. The van der Waals surface area contributed by atoms with Gasteiger partial charge in [0.15, 0.2) is 0 Å². The highest BCUT2D eigenvalue weighted by Gasteiger charge is 2.35. The predicted molar refractivity (Wildman–Crippen MR) is 115 cm³/mol. The van der Waals surface area contributed by atoms with E-state index in [4.69, 9.17) is 0 Å². The Kier molecular flexibility index (Phi) is 5.24. The average molecular weight is 410 g/mol. The molecule has 7 heteroatoms. The van der Waals surface area contributed by atoms with Gasteiger partial charge in [0.2, 0.25) is 0 Å². The van der Waals surface area contributed by atoms with E-state index in [1.807, 2.05) is 18.2 Å². The van der Waals surface area contributed by atoms with Gasteiger partial charge in [-0.2, -0.15) is 5.10 Å². The second kappa shape index (κ2) is 7.72. The van der Waals surface area contributed by atoms with Crippen molar-refractivity contribution < 1.29 is 14.3 Å². The molecule has 0 aliphatic carbocycles. The van der Waals surface area contributed by atoms with Gasteiger partial charge in [-0.25, -0.2) is 13.9 Å². The van der Waals surface area contributed by atoms with Crippen LogP contribution in [0.4, 0.5) is 14.9 Å². The van der Waals surface area contributed by atoms with Crippen LogP contribution in [0.5, 0.6) is 0 Å². The summed E-state index contributed by atoms with van der Waals surface area (Å²) in [6.45, 7) is 7.26. The second-order valence-corrected chi connectivity index (χ2v) is 8.67. The number of β-amino-alcohol motifs (C(OH)–C–C–N with tert-alkyl or cyclic N) is 1. The SMILES string of the molecule is CC(C)C[C@](C)(O)CN1CCN(c2cccc3c2cnn3-c2ccccc2F)C1=O. The molecule has 0 radical (unpaired) electrons. The summed E-state index contributed by atoms with van der Waals surface area (Å²) in [5.74, 6) is -0.0181. The smallest absolute Gasteiger partial charge is 0.324 e. The molecular weight excluding hydrogens is 383 g/mol. The van der Waals surface area contributed by atoms with Crippen molar-refractivity contribution in [1.82, 2.24) is 14.7 Å². The Bertz CT molecular complexity index is 1080. The number of aliphatic hydroxyl groups is 1. The molecule has 30 heavy (non-hydrogen) atoms. The molecule has 1 atom stereocenters. The van der Waals surface area contributed by atoms with Gasteiger partial charge in [-0.3, -0.25) is 4.90 Å². The number of amides is 2. The lowest BCUT2D eigenvalue weighted by Gasteiger charge is -2.30. The Labute approximate surface area is 175 Å². The molecule has 6 nitrogen and oxygen atoms in total. The van der Waals surface area contributed by atoms with Crippen molar-refractivity contribution in [3.05, 3.63) is 54.5 Å². The van der Waals surface area contributed by atoms with E-state index >= 15 is 0 Å². The number of carbonyl (C=O) groups excluding carboxylic acids is 1. The van der Waals surface area contributed by atoms with Crippen LogP contribution in [0, 0.1) is 11.7 Å². The Balaban J connectivity index is 1.63. The second-order valence-electron chi connectivity index (χ2n) is 8.67. The molecule has 1 aromatic heterocycles. The lowest BCUT2D eigenvalue weighted by Crippen LogP contribution is -2.43. The molecule has 2 aromatic carbocycles. The van der Waals surface area contributed by atoms with Gasteiger partial charge >= 0.3 is 6.03 Å². The van der Waals surface area contributed by atoms with E-state index in [0.29, 0.717) is 37.7 Å². The van der Waals surface area contributed by atoms with Gasteiger partial charge in [-0.05, 0) is 43.5 Å². The largest absolute Gasteiger partial charge is 0.388 e. The van der Waals surface area contributed by atoms with Crippen LogP contribution >= 0.6 is 0 Å². The summed E-state index contributed by atoms with van der Waals surface area (Å²) in [4.78, 5) is 16.5. The molecule has 0 unspecified atom stereocenters. The zero-order chi connectivity index (χ0) is 21.5. The van der Waals surface area contributed by atoms with Crippen LogP contribution in [0.3, 0.4) is 0 Å². The molecule has 2 heterocycles. The quantitative estimate of drug-likeness (QED) is 0.662. The van der Waals surface area contributed by atoms with Crippen LogP contribution < -0.4 is 4.90 Å². The summed E-state index contributed by atoms with van der Waals surface area (Å²) in [7, 11) is 0. The van der Waals surface area contributed by atoms with Gasteiger partial charge in [-0.15, -0.1) is 0 Å². The number of anilines is 1. The number of hydrogen-bond acceptors (Lipinski definition) is 3. The number of para-hydroxylation sites is 1. The number of urea groups is 1. The third kappa shape index (κ3) is 3.77. The van der Waals surface area contributed by atoms with Crippen LogP contribution in [0.15, 0.2) is 48.7 Å². The van der Waals surface area contributed by atoms with E-state index in [1.54, 1.807) is 45.8 Å². The summed E-state index contributed by atoms with van der Waals surface area (Å²) in [5, 5.41) is 15.8. The summed E-state index contributed by atoms with van der Waals surface area (Å²) < 4.78 is 15.8. The van der Waals surface area contributed by atoms with Crippen LogP contribution in [0.25, 0.3) is 16.6 Å². The van der Waals surface area contributed by atoms with Crippen molar-refractivity contribution in [1.29, 1.82) is 0 Å². The lowest BCUT2D eigenvalue weighted by atomic mass is 9.94. The Morgan fingerprint density at radius 3 is 2.60 bits per heavy atom. The molecule has 158 valence electrons. The van der Waals surface area contributed by atoms with Gasteiger partial charge in [0.25, 0.3) is 0 Å². The van der Waals surface area contributed by atoms with Gasteiger partial charge in [0.05, 0.1) is 29.5 Å². The highest BCUT2D eigenvalue weighted by molar-refractivity contribution is 6.03. The fraction of sp³-hybridized carbons (Fsp3) is 0.391. The number of rotatable bonds is 6. The monoisotopic (exact) mass is 410 g/mol. The number of carbonyl (C=O) groups is 1. The zero-order valence-corrected chi connectivity index (χ0v) is 17.5. The predicted octanol–water partition coefficient (Wildman–Crippen LogP) is 4.20. The molecule has 2 amide bonds. The maximum Gasteiger partial charge on any atom is 0.324 e. The van der Waals surface area contributed by atoms with Crippen molar-refractivity contribution >= 4 is 22.6 Å². The topological polar surface area (TPSA) is 61.6 Å². The average Bonchev–Trinajstić information content (AvgIpc) is 3.25. The molecule has 0 saturated carbocycles. The first-order valence-electron chi connectivity index (χ1n) is 10.3. The number of hydrogen-bond donors (Lipinski definition) is 1. The molecule has 1 saturated heterocycles. The molecule has 1 aliphatic heterocycles. The van der Waals surface area contributed by atoms with Crippen LogP contribution in [-0.2, 0) is 0 Å². The third-order valence-corrected chi connectivity index (χ3v) is 5.44. The van der Waals surface area contributed by atoms with Crippen molar-refractivity contribution in [2.24, 2.45) is 5.92 Å². The van der Waals surface area contributed by atoms with Crippen molar-refractivity contribution in [3.63, 3.8) is 0 Å². The number of aromatic nitrogens is 2. The van der Waals surface area contributed by atoms with Crippen LogP contribution in [0.2, 0.25) is 0 Å². The van der Waals surface area contributed by atoms with E-state index in [2.05, 4.69) is 18.9 Å². The number of fused-ring (bicyclic) bond motifs is 1. The van der Waals surface area contributed by atoms with Crippen molar-refractivity contribution in [2.75, 3.05) is 24.5 Å². The molecule has 0 spiro atoms. The maximum atomic E-state index is 14.3. The normalized spacial score (nSPS) is 16.7. The van der Waals surface area contributed by atoms with Gasteiger partial charge in [-0.1, -0.05) is 32.0 Å². The fourth-order valence-corrected chi connectivity index (χ4v) is 4.39. The third-order valence-electron chi connectivity index (χ3n) is 5.44. The van der Waals surface area contributed by atoms with Crippen molar-refractivity contribution in [2.45, 2.75) is 32.8 Å². The summed E-state index contributed by atoms with van der Waals surface area (Å²) in [6, 6.07) is 11.9. The fourth-order valence-electron chi connectivity index (χ4n) is 4.39. The summed E-state index contributed by atoms with van der Waals surface area (Å²) >= 11 is 0. The van der Waals surface area contributed by atoms with Crippen LogP contribution in [-0.4, -0.2) is 51.1 Å². The van der Waals surface area contributed by atoms with Crippen LogP contribution in [0.1, 0.15) is 27.2 Å². The molecule has 0 bridgehead atoms. The first-order valence-corrected chi connectivity index (χ1v) is 10.3. The first kappa shape index (κ1) is 20.3. The number of benzene rings is 2. The Morgan fingerprint density at radius 1 is 1.13 bits per heavy atom. The lowest BCUT2D eigenvalue weighted by molar-refractivity contribution is 0.0164. The highest BCUT2D eigenvalue weighted by Crippen LogP contribution is 2.32. The van der Waals surface area contributed by atoms with Gasteiger partial charge in [0.1, 0.15) is 11.5 Å². The molecular formula is C23H27FN4O2. The summed E-state index contributed by atoms with van der Waals surface area (Å²) in [6.07, 6.45) is 2.30. The minimum atomic E-state index is -0.929. The van der Waals surface area contributed by atoms with E-state index in [-0.39, 0.29) is 11.8 Å². The molecule has 1 aliphatic rings. The van der Waals surface area contributed by atoms with Gasteiger partial charge in [0, 0.05) is 18.5 Å². The molecule has 1 N–H and O–H groups in total. The Hall–Kier alpha value is -2.93. The van der Waals surface area contributed by atoms with Crippen molar-refractivity contribution in [3.8, 4) is 5.69 Å². The minimum Gasteiger partial charge on any atom is -0.388 e. The van der Waals surface area contributed by atoms with E-state index < -0.39 is 5.60 Å². The molecule has 4 rings (SSSR count). The number of halogens is 1. The van der Waals surface area contributed by atoms with E-state index in [0.717, 1.165) is 16.6 Å². The summed E-state index contributed by atoms with van der Waals surface area (Å²) in [5.41, 5.74) is 0.909. The highest BCUT2D eigenvalue weighted by atomic mass is 19.1. The van der Waals surface area contributed by atoms with E-state index in [9.17, 15) is 14.3 Å². The van der Waals surface area contributed by atoms with Gasteiger partial charge < -0.3 is 10.0 Å². The minimum absolute atomic E-state index is 0.134. The first-order chi connectivity index (χ1) is 14.3. The number of nitrogens with zero attached hydrogens (tertiary/aromatic N) is 4. The standard InChI is InChI=1S/C23H27FN4O2/c1-16(2)13-23(3,30)15-26-11-12-27(22(26)29)19-9-6-10-20-17(19)14-25-28(20)21-8-5-4-7-18(21)24/h4-10,14,16,30H,11-13,15H2,1-3H3/t23-/m0/s1. The Morgan fingerprint density at radius 2 is 1.87 bits per heavy atom. The van der Waals surface area contributed by atoms with E-state index in [1.165, 1.54) is 6.07 Å². The zero-order valence-electron chi connectivity index (χ0n) is 17.5.